The van der Waals surface area contributed by atoms with Crippen LogP contribution < -0.4 is 21.9 Å². The minimum Gasteiger partial charge on any atom is -0.383 e. The maximum atomic E-state index is 13.5. The summed E-state index contributed by atoms with van der Waals surface area (Å²) in [7, 11) is 1.49. The van der Waals surface area contributed by atoms with Crippen LogP contribution in [-0.4, -0.2) is 53.1 Å². The monoisotopic (exact) mass is 491 g/mol. The standard InChI is InChI=1S/C26H29N5O5/c1-36-15-14-30(25(34)20-11-9-19(10-12-20)16-29-13-5-8-21(29)32)22-23(27)31(26(35)28-24(22)33)17-18-6-3-2-4-7-18/h2-4,6-7,9-12H,5,8,13-17,27H2,1H3,(H,28,33,35). The van der Waals surface area contributed by atoms with Gasteiger partial charge in [0.2, 0.25) is 5.91 Å². The van der Waals surface area contributed by atoms with Crippen LogP contribution in [-0.2, 0) is 22.6 Å². The number of carbonyl (C=O) groups is 2. The summed E-state index contributed by atoms with van der Waals surface area (Å²) >= 11 is 0. The third-order valence-electron chi connectivity index (χ3n) is 6.18. The molecule has 188 valence electrons. The lowest BCUT2D eigenvalue weighted by Gasteiger charge is -2.24. The molecule has 1 aromatic heterocycles. The highest BCUT2D eigenvalue weighted by Crippen LogP contribution is 2.21. The molecule has 0 radical (unpaired) electrons. The van der Waals surface area contributed by atoms with E-state index in [1.54, 1.807) is 29.2 Å². The van der Waals surface area contributed by atoms with Gasteiger partial charge in [-0.3, -0.25) is 28.8 Å². The Morgan fingerprint density at radius 1 is 1.03 bits per heavy atom. The van der Waals surface area contributed by atoms with E-state index < -0.39 is 17.2 Å². The van der Waals surface area contributed by atoms with Crippen molar-refractivity contribution in [3.63, 3.8) is 0 Å². The Morgan fingerprint density at radius 3 is 2.36 bits per heavy atom. The first-order valence-electron chi connectivity index (χ1n) is 11.7. The first kappa shape index (κ1) is 24.9. The van der Waals surface area contributed by atoms with E-state index in [9.17, 15) is 19.2 Å². The molecule has 10 nitrogen and oxygen atoms in total. The maximum Gasteiger partial charge on any atom is 0.330 e. The van der Waals surface area contributed by atoms with E-state index in [-0.39, 0.29) is 37.1 Å². The number of nitrogens with zero attached hydrogens (tertiary/aromatic N) is 3. The Balaban J connectivity index is 1.65. The first-order valence-corrected chi connectivity index (χ1v) is 11.7. The number of H-pyrrole nitrogens is 1. The molecule has 10 heteroatoms. The van der Waals surface area contributed by atoms with Crippen LogP contribution in [0.3, 0.4) is 0 Å². The lowest BCUT2D eigenvalue weighted by Crippen LogP contribution is -2.42. The molecular formula is C26H29N5O5. The number of carbonyl (C=O) groups excluding carboxylic acids is 2. The number of amides is 2. The molecule has 0 spiro atoms. The Morgan fingerprint density at radius 2 is 1.72 bits per heavy atom. The van der Waals surface area contributed by atoms with Gasteiger partial charge in [-0.25, -0.2) is 4.79 Å². The number of hydrogen-bond acceptors (Lipinski definition) is 6. The predicted molar refractivity (Wildman–Crippen MR) is 136 cm³/mol. The predicted octanol–water partition coefficient (Wildman–Crippen LogP) is 1.58. The van der Waals surface area contributed by atoms with Crippen molar-refractivity contribution in [2.45, 2.75) is 25.9 Å². The zero-order valence-electron chi connectivity index (χ0n) is 20.1. The van der Waals surface area contributed by atoms with Gasteiger partial charge in [0.05, 0.1) is 13.2 Å². The second-order valence-corrected chi connectivity index (χ2v) is 8.63. The number of aromatic nitrogens is 2. The summed E-state index contributed by atoms with van der Waals surface area (Å²) in [5, 5.41) is 0. The number of ether oxygens (including phenoxy) is 1. The third kappa shape index (κ3) is 5.38. The number of likely N-dealkylation sites (tertiary alicyclic amines) is 1. The van der Waals surface area contributed by atoms with Crippen molar-refractivity contribution in [2.75, 3.05) is 37.4 Å². The summed E-state index contributed by atoms with van der Waals surface area (Å²) in [6.45, 7) is 1.54. The summed E-state index contributed by atoms with van der Waals surface area (Å²) in [5.41, 5.74) is 6.84. The van der Waals surface area contributed by atoms with E-state index in [0.717, 1.165) is 24.1 Å². The summed E-state index contributed by atoms with van der Waals surface area (Å²) in [6, 6.07) is 16.1. The van der Waals surface area contributed by atoms with E-state index in [1.165, 1.54) is 16.6 Å². The molecule has 0 saturated carbocycles. The fraction of sp³-hybridized carbons (Fsp3) is 0.308. The smallest absolute Gasteiger partial charge is 0.330 e. The first-order chi connectivity index (χ1) is 17.4. The van der Waals surface area contributed by atoms with Gasteiger partial charge in [0.15, 0.2) is 5.69 Å². The van der Waals surface area contributed by atoms with Crippen molar-refractivity contribution in [1.82, 2.24) is 14.5 Å². The average Bonchev–Trinajstić information content (AvgIpc) is 3.28. The molecule has 3 N–H and O–H groups in total. The largest absolute Gasteiger partial charge is 0.383 e. The molecule has 1 saturated heterocycles. The second kappa shape index (κ2) is 11.0. The van der Waals surface area contributed by atoms with Crippen LogP contribution in [0.2, 0.25) is 0 Å². The van der Waals surface area contributed by atoms with Gasteiger partial charge in [0, 0.05) is 38.7 Å². The molecule has 2 heterocycles. The third-order valence-corrected chi connectivity index (χ3v) is 6.18. The van der Waals surface area contributed by atoms with Gasteiger partial charge < -0.3 is 15.4 Å². The number of hydrogen-bond donors (Lipinski definition) is 2. The van der Waals surface area contributed by atoms with E-state index >= 15 is 0 Å². The summed E-state index contributed by atoms with van der Waals surface area (Å²) in [6.07, 6.45) is 1.42. The van der Waals surface area contributed by atoms with E-state index in [4.69, 9.17) is 10.5 Å². The molecule has 36 heavy (non-hydrogen) atoms. The Hall–Kier alpha value is -4.18. The van der Waals surface area contributed by atoms with Gasteiger partial charge in [-0.1, -0.05) is 42.5 Å². The molecule has 2 aromatic carbocycles. The number of anilines is 2. The number of aromatic amines is 1. The average molecular weight is 492 g/mol. The van der Waals surface area contributed by atoms with Gasteiger partial charge in [-0.15, -0.1) is 0 Å². The molecule has 1 aliphatic rings. The van der Waals surface area contributed by atoms with Crippen LogP contribution in [0.1, 0.15) is 34.3 Å². The van der Waals surface area contributed by atoms with Crippen LogP contribution in [0.15, 0.2) is 64.2 Å². The molecule has 0 unspecified atom stereocenters. The SMILES string of the molecule is COCCN(C(=O)c1ccc(CN2CCCC2=O)cc1)c1c(N)n(Cc2ccccc2)c(=O)[nH]c1=O. The lowest BCUT2D eigenvalue weighted by molar-refractivity contribution is -0.128. The van der Waals surface area contributed by atoms with E-state index in [1.807, 2.05) is 30.3 Å². The minimum atomic E-state index is -0.754. The normalized spacial score (nSPS) is 13.2. The fourth-order valence-electron chi connectivity index (χ4n) is 4.26. The number of methoxy groups -OCH3 is 1. The topological polar surface area (TPSA) is 131 Å². The van der Waals surface area contributed by atoms with Crippen molar-refractivity contribution in [3.05, 3.63) is 92.1 Å². The van der Waals surface area contributed by atoms with Gasteiger partial charge in [0.1, 0.15) is 5.82 Å². The molecule has 4 rings (SSSR count). The van der Waals surface area contributed by atoms with Crippen LogP contribution in [0.25, 0.3) is 0 Å². The van der Waals surface area contributed by atoms with Crippen molar-refractivity contribution >= 4 is 23.3 Å². The van der Waals surface area contributed by atoms with Crippen LogP contribution >= 0.6 is 0 Å². The zero-order chi connectivity index (χ0) is 25.7. The fourth-order valence-corrected chi connectivity index (χ4v) is 4.26. The van der Waals surface area contributed by atoms with Crippen molar-refractivity contribution < 1.29 is 14.3 Å². The quantitative estimate of drug-likeness (QED) is 0.467. The zero-order valence-corrected chi connectivity index (χ0v) is 20.1. The highest BCUT2D eigenvalue weighted by atomic mass is 16.5. The van der Waals surface area contributed by atoms with Crippen LogP contribution in [0.5, 0.6) is 0 Å². The van der Waals surface area contributed by atoms with Gasteiger partial charge in [0.25, 0.3) is 11.5 Å². The Labute approximate surface area is 207 Å². The van der Waals surface area contributed by atoms with Gasteiger partial charge >= 0.3 is 5.69 Å². The molecule has 2 amide bonds. The van der Waals surface area contributed by atoms with Crippen molar-refractivity contribution in [1.29, 1.82) is 0 Å². The maximum absolute atomic E-state index is 13.5. The Bertz CT molecular complexity index is 1350. The van der Waals surface area contributed by atoms with E-state index in [2.05, 4.69) is 4.98 Å². The van der Waals surface area contributed by atoms with Crippen molar-refractivity contribution in [2.24, 2.45) is 0 Å². The van der Waals surface area contributed by atoms with Crippen LogP contribution in [0.4, 0.5) is 11.5 Å². The summed E-state index contributed by atoms with van der Waals surface area (Å²) in [4.78, 5) is 56.2. The molecule has 3 aromatic rings. The van der Waals surface area contributed by atoms with Crippen LogP contribution in [0, 0.1) is 0 Å². The van der Waals surface area contributed by atoms with Crippen molar-refractivity contribution in [3.8, 4) is 0 Å². The number of nitrogens with two attached hydrogens (primary N) is 1. The number of nitrogens with one attached hydrogen (secondary N) is 1. The molecule has 0 atom stereocenters. The van der Waals surface area contributed by atoms with Gasteiger partial charge in [-0.2, -0.15) is 0 Å². The number of nitrogen functional groups attached to an aromatic ring is 1. The molecular weight excluding hydrogens is 462 g/mol. The Kier molecular flexibility index (Phi) is 7.65. The molecule has 1 fully saturated rings. The molecule has 0 bridgehead atoms. The summed E-state index contributed by atoms with van der Waals surface area (Å²) < 4.78 is 6.39. The number of benzene rings is 2. The highest BCUT2D eigenvalue weighted by Gasteiger charge is 2.26. The molecule has 0 aliphatic carbocycles. The highest BCUT2D eigenvalue weighted by molar-refractivity contribution is 6.07. The van der Waals surface area contributed by atoms with Gasteiger partial charge in [-0.05, 0) is 29.7 Å². The number of rotatable bonds is 9. The van der Waals surface area contributed by atoms with E-state index in [0.29, 0.717) is 18.5 Å². The molecule has 1 aliphatic heterocycles. The second-order valence-electron chi connectivity index (χ2n) is 8.63. The lowest BCUT2D eigenvalue weighted by atomic mass is 10.1. The summed E-state index contributed by atoms with van der Waals surface area (Å²) in [5.74, 6) is -0.444. The minimum absolute atomic E-state index is 0.0518.